The second kappa shape index (κ2) is 7.13. The van der Waals surface area contributed by atoms with Gasteiger partial charge in [-0.25, -0.2) is 9.97 Å². The average Bonchev–Trinajstić information content (AvgIpc) is 2.38. The minimum absolute atomic E-state index is 0.682. The first kappa shape index (κ1) is 13.8. The molecule has 2 N–H and O–H groups in total. The lowest BCUT2D eigenvalue weighted by molar-refractivity contribution is 1.09. The monoisotopic (exact) mass is 242 g/mol. The van der Waals surface area contributed by atoms with Gasteiger partial charge in [-0.3, -0.25) is 0 Å². The molecule has 1 rings (SSSR count). The van der Waals surface area contributed by atoms with Crippen LogP contribution in [0, 0.1) is 19.3 Å². The van der Waals surface area contributed by atoms with Crippen LogP contribution in [0.1, 0.15) is 12.6 Å². The molecule has 0 saturated heterocycles. The van der Waals surface area contributed by atoms with Gasteiger partial charge >= 0.3 is 0 Å². The van der Waals surface area contributed by atoms with Gasteiger partial charge in [0.25, 0.3) is 0 Å². The van der Waals surface area contributed by atoms with Crippen LogP contribution in [0.3, 0.4) is 0 Å². The van der Waals surface area contributed by atoms with Crippen LogP contribution >= 0.6 is 0 Å². The number of nitrogens with one attached hydrogen (secondary N) is 2. The van der Waals surface area contributed by atoms with Gasteiger partial charge in [-0.1, -0.05) is 24.1 Å². The fourth-order valence-electron chi connectivity index (χ4n) is 1.30. The summed E-state index contributed by atoms with van der Waals surface area (Å²) < 4.78 is 0. The molecule has 4 nitrogen and oxygen atoms in total. The van der Waals surface area contributed by atoms with E-state index in [-0.39, 0.29) is 0 Å². The van der Waals surface area contributed by atoms with Crippen LogP contribution in [0.2, 0.25) is 0 Å². The SMILES string of the molecule is C#C/C(C)=C/C=C\CNc1cnc(NC)c(C)n1. The Morgan fingerprint density at radius 2 is 2.33 bits per heavy atom. The minimum Gasteiger partial charge on any atom is -0.372 e. The van der Waals surface area contributed by atoms with E-state index in [4.69, 9.17) is 6.42 Å². The summed E-state index contributed by atoms with van der Waals surface area (Å²) >= 11 is 0. The molecule has 0 spiro atoms. The maximum absolute atomic E-state index is 5.23. The van der Waals surface area contributed by atoms with Crippen molar-refractivity contribution in [3.8, 4) is 12.3 Å². The van der Waals surface area contributed by atoms with Crippen molar-refractivity contribution in [2.75, 3.05) is 24.2 Å². The molecular formula is C14H18N4. The molecule has 0 fully saturated rings. The highest BCUT2D eigenvalue weighted by Crippen LogP contribution is 2.10. The number of anilines is 2. The van der Waals surface area contributed by atoms with E-state index in [9.17, 15) is 0 Å². The number of hydrogen-bond acceptors (Lipinski definition) is 4. The molecule has 0 saturated carbocycles. The van der Waals surface area contributed by atoms with E-state index in [1.807, 2.05) is 39.1 Å². The fraction of sp³-hybridized carbons (Fsp3) is 0.286. The summed E-state index contributed by atoms with van der Waals surface area (Å²) in [6.45, 7) is 4.49. The minimum atomic E-state index is 0.682. The second-order valence-corrected chi connectivity index (χ2v) is 3.74. The Bertz CT molecular complexity index is 495. The van der Waals surface area contributed by atoms with Gasteiger partial charge in [0.1, 0.15) is 11.6 Å². The summed E-state index contributed by atoms with van der Waals surface area (Å²) in [4.78, 5) is 8.61. The summed E-state index contributed by atoms with van der Waals surface area (Å²) in [6, 6.07) is 0. The third-order valence-corrected chi connectivity index (χ3v) is 2.29. The van der Waals surface area contributed by atoms with E-state index < -0.39 is 0 Å². The zero-order valence-electron chi connectivity index (χ0n) is 11.0. The third kappa shape index (κ3) is 4.30. The molecule has 94 valence electrons. The molecule has 1 aromatic heterocycles. The highest BCUT2D eigenvalue weighted by atomic mass is 15.1. The van der Waals surface area contributed by atoms with E-state index in [0.717, 1.165) is 22.9 Å². The Morgan fingerprint density at radius 1 is 1.56 bits per heavy atom. The molecule has 18 heavy (non-hydrogen) atoms. The van der Waals surface area contributed by atoms with Crippen LogP contribution in [0.4, 0.5) is 11.6 Å². The molecule has 1 heterocycles. The van der Waals surface area contributed by atoms with E-state index in [1.165, 1.54) is 0 Å². The lowest BCUT2D eigenvalue weighted by Gasteiger charge is -2.06. The van der Waals surface area contributed by atoms with Gasteiger partial charge in [-0.2, -0.15) is 0 Å². The lowest BCUT2D eigenvalue weighted by atomic mass is 10.3. The number of aromatic nitrogens is 2. The van der Waals surface area contributed by atoms with Gasteiger partial charge in [0, 0.05) is 13.6 Å². The number of hydrogen-bond donors (Lipinski definition) is 2. The molecule has 0 amide bonds. The molecule has 4 heteroatoms. The predicted octanol–water partition coefficient (Wildman–Crippen LogP) is 2.37. The largest absolute Gasteiger partial charge is 0.372 e. The first-order valence-corrected chi connectivity index (χ1v) is 5.72. The molecule has 0 unspecified atom stereocenters. The highest BCUT2D eigenvalue weighted by Gasteiger charge is 1.99. The van der Waals surface area contributed by atoms with Gasteiger partial charge in [0.05, 0.1) is 11.9 Å². The molecule has 0 bridgehead atoms. The molecule has 0 aliphatic heterocycles. The first-order chi connectivity index (χ1) is 8.67. The van der Waals surface area contributed by atoms with E-state index >= 15 is 0 Å². The highest BCUT2D eigenvalue weighted by molar-refractivity contribution is 5.44. The van der Waals surface area contributed by atoms with E-state index in [0.29, 0.717) is 6.54 Å². The van der Waals surface area contributed by atoms with Crippen LogP contribution in [0.15, 0.2) is 30.0 Å². The summed E-state index contributed by atoms with van der Waals surface area (Å²) in [5.41, 5.74) is 1.77. The average molecular weight is 242 g/mol. The predicted molar refractivity (Wildman–Crippen MR) is 76.5 cm³/mol. The summed E-state index contributed by atoms with van der Waals surface area (Å²) in [5, 5.41) is 6.14. The van der Waals surface area contributed by atoms with Crippen molar-refractivity contribution >= 4 is 11.6 Å². The Labute approximate surface area is 108 Å². The van der Waals surface area contributed by atoms with Gasteiger partial charge in [0.2, 0.25) is 0 Å². The molecule has 0 aromatic carbocycles. The first-order valence-electron chi connectivity index (χ1n) is 5.72. The summed E-state index contributed by atoms with van der Waals surface area (Å²) in [6.07, 6.45) is 12.7. The number of nitrogens with zero attached hydrogens (tertiary/aromatic N) is 2. The molecule has 0 aliphatic carbocycles. The van der Waals surface area contributed by atoms with Crippen molar-refractivity contribution in [3.63, 3.8) is 0 Å². The van der Waals surface area contributed by atoms with Gasteiger partial charge < -0.3 is 10.6 Å². The van der Waals surface area contributed by atoms with Crippen LogP contribution in [0.5, 0.6) is 0 Å². The van der Waals surface area contributed by atoms with Crippen LogP contribution < -0.4 is 10.6 Å². The maximum Gasteiger partial charge on any atom is 0.147 e. The smallest absolute Gasteiger partial charge is 0.147 e. The Balaban J connectivity index is 2.50. The number of allylic oxidation sites excluding steroid dienone is 3. The zero-order chi connectivity index (χ0) is 13.4. The summed E-state index contributed by atoms with van der Waals surface area (Å²) in [7, 11) is 1.83. The van der Waals surface area contributed by atoms with Gasteiger partial charge in [0.15, 0.2) is 0 Å². The van der Waals surface area contributed by atoms with Crippen molar-refractivity contribution < 1.29 is 0 Å². The second-order valence-electron chi connectivity index (χ2n) is 3.74. The molecular weight excluding hydrogens is 224 g/mol. The Kier molecular flexibility index (Phi) is 5.46. The topological polar surface area (TPSA) is 49.8 Å². The number of terminal acetylenes is 1. The van der Waals surface area contributed by atoms with Crippen LogP contribution in [-0.2, 0) is 0 Å². The Morgan fingerprint density at radius 3 is 2.94 bits per heavy atom. The van der Waals surface area contributed by atoms with Crippen molar-refractivity contribution in [1.82, 2.24) is 9.97 Å². The van der Waals surface area contributed by atoms with Crippen molar-refractivity contribution in [2.24, 2.45) is 0 Å². The molecule has 0 radical (unpaired) electrons. The maximum atomic E-state index is 5.23. The number of aryl methyl sites for hydroxylation is 1. The van der Waals surface area contributed by atoms with Crippen LogP contribution in [0.25, 0.3) is 0 Å². The van der Waals surface area contributed by atoms with E-state index in [2.05, 4.69) is 26.5 Å². The number of rotatable bonds is 5. The van der Waals surface area contributed by atoms with Crippen molar-refractivity contribution in [3.05, 3.63) is 35.7 Å². The Hall–Kier alpha value is -2.28. The van der Waals surface area contributed by atoms with Gasteiger partial charge in [-0.05, 0) is 19.4 Å². The molecule has 0 atom stereocenters. The third-order valence-electron chi connectivity index (χ3n) is 2.29. The molecule has 0 aliphatic rings. The lowest BCUT2D eigenvalue weighted by Crippen LogP contribution is -2.04. The van der Waals surface area contributed by atoms with E-state index in [1.54, 1.807) is 6.20 Å². The normalized spacial score (nSPS) is 11.3. The van der Waals surface area contributed by atoms with Crippen molar-refractivity contribution in [1.29, 1.82) is 0 Å². The van der Waals surface area contributed by atoms with Crippen LogP contribution in [-0.4, -0.2) is 23.6 Å². The standard InChI is InChI=1S/C14H18N4/c1-5-11(2)8-6-7-9-16-13-10-17-14(15-4)12(3)18-13/h1,6-8,10H,9H2,2-4H3,(H,15,17)(H,16,18)/b7-6-,11-8+. The zero-order valence-corrected chi connectivity index (χ0v) is 11.0. The van der Waals surface area contributed by atoms with Gasteiger partial charge in [-0.15, -0.1) is 6.42 Å². The van der Waals surface area contributed by atoms with Crippen molar-refractivity contribution in [2.45, 2.75) is 13.8 Å². The quantitative estimate of drug-likeness (QED) is 0.615. The summed E-state index contributed by atoms with van der Waals surface area (Å²) in [5.74, 6) is 4.11. The molecule has 1 aromatic rings. The fourth-order valence-corrected chi connectivity index (χ4v) is 1.30.